The molecule has 3 N–H and O–H groups in total. The van der Waals surface area contributed by atoms with Crippen molar-refractivity contribution in [1.29, 1.82) is 0 Å². The molecule has 6 nitrogen and oxygen atoms in total. The summed E-state index contributed by atoms with van der Waals surface area (Å²) in [5.74, 6) is 0.629. The first-order valence-corrected chi connectivity index (χ1v) is 5.62. The van der Waals surface area contributed by atoms with E-state index < -0.39 is 0 Å². The highest BCUT2D eigenvalue weighted by Gasteiger charge is 2.28. The van der Waals surface area contributed by atoms with Crippen molar-refractivity contribution >= 4 is 28.9 Å². The molecule has 0 aromatic carbocycles. The fourth-order valence-corrected chi connectivity index (χ4v) is 1.77. The fourth-order valence-electron chi connectivity index (χ4n) is 1.66. The lowest BCUT2D eigenvalue weighted by Crippen LogP contribution is -2.31. The molecule has 2 rings (SSSR count). The van der Waals surface area contributed by atoms with Crippen LogP contribution in [0.3, 0.4) is 0 Å². The maximum absolute atomic E-state index is 11.7. The molecule has 90 valence electrons. The molecule has 17 heavy (non-hydrogen) atoms. The van der Waals surface area contributed by atoms with Gasteiger partial charge in [0.05, 0.1) is 12.4 Å². The topological polar surface area (TPSA) is 84.1 Å². The molecule has 0 saturated carbocycles. The van der Waals surface area contributed by atoms with Crippen LogP contribution >= 0.6 is 12.2 Å². The van der Waals surface area contributed by atoms with E-state index in [2.05, 4.69) is 15.3 Å². The molecule has 1 aromatic rings. The second kappa shape index (κ2) is 4.62. The van der Waals surface area contributed by atoms with Crippen LogP contribution in [0.2, 0.25) is 0 Å². The molecule has 0 aliphatic carbocycles. The second-order valence-electron chi connectivity index (χ2n) is 3.90. The first kappa shape index (κ1) is 11.7. The number of rotatable bonds is 3. The van der Waals surface area contributed by atoms with Crippen LogP contribution in [0, 0.1) is 0 Å². The number of carbonyl (C=O) groups excluding carboxylic acids is 1. The molecule has 1 fully saturated rings. The SMILES string of the molecule is CN1CCC(Nc2cnc(C(N)=S)cn2)C1=O. The first-order chi connectivity index (χ1) is 8.08. The maximum Gasteiger partial charge on any atom is 0.244 e. The van der Waals surface area contributed by atoms with Crippen molar-refractivity contribution in [3.63, 3.8) is 0 Å². The van der Waals surface area contributed by atoms with Crippen molar-refractivity contribution in [2.45, 2.75) is 12.5 Å². The van der Waals surface area contributed by atoms with Crippen LogP contribution in [0.25, 0.3) is 0 Å². The molecular formula is C10H13N5OS. The quantitative estimate of drug-likeness (QED) is 0.721. The Bertz CT molecular complexity index is 447. The summed E-state index contributed by atoms with van der Waals surface area (Å²) in [4.78, 5) is 21.7. The predicted octanol–water partition coefficient (Wildman–Crippen LogP) is -0.247. The lowest BCUT2D eigenvalue weighted by Gasteiger charge is -2.12. The van der Waals surface area contributed by atoms with Gasteiger partial charge >= 0.3 is 0 Å². The van der Waals surface area contributed by atoms with E-state index in [1.54, 1.807) is 11.9 Å². The summed E-state index contributed by atoms with van der Waals surface area (Å²) in [6.07, 6.45) is 3.79. The maximum atomic E-state index is 11.7. The fraction of sp³-hybridized carbons (Fsp3) is 0.400. The second-order valence-corrected chi connectivity index (χ2v) is 4.34. The summed E-state index contributed by atoms with van der Waals surface area (Å²) in [5, 5.41) is 3.04. The number of nitrogens with zero attached hydrogens (tertiary/aromatic N) is 3. The van der Waals surface area contributed by atoms with E-state index in [1.807, 2.05) is 0 Å². The number of nitrogens with two attached hydrogens (primary N) is 1. The lowest BCUT2D eigenvalue weighted by molar-refractivity contribution is -0.127. The number of carbonyl (C=O) groups is 1. The van der Waals surface area contributed by atoms with Gasteiger partial charge in [-0.15, -0.1) is 0 Å². The normalized spacial score (nSPS) is 19.5. The highest BCUT2D eigenvalue weighted by Crippen LogP contribution is 2.13. The minimum Gasteiger partial charge on any atom is -0.388 e. The largest absolute Gasteiger partial charge is 0.388 e. The van der Waals surface area contributed by atoms with Crippen molar-refractivity contribution in [2.75, 3.05) is 18.9 Å². The Balaban J connectivity index is 2.04. The van der Waals surface area contributed by atoms with Gasteiger partial charge < -0.3 is 16.0 Å². The van der Waals surface area contributed by atoms with Crippen molar-refractivity contribution < 1.29 is 4.79 Å². The molecule has 1 atom stereocenters. The molecule has 1 amide bonds. The molecule has 1 saturated heterocycles. The third-order valence-electron chi connectivity index (χ3n) is 2.65. The summed E-state index contributed by atoms with van der Waals surface area (Å²) in [5.41, 5.74) is 5.89. The average Bonchev–Trinajstić information content (AvgIpc) is 2.62. The summed E-state index contributed by atoms with van der Waals surface area (Å²) in [7, 11) is 1.78. The molecule has 0 bridgehead atoms. The Morgan fingerprint density at radius 2 is 2.35 bits per heavy atom. The van der Waals surface area contributed by atoms with E-state index in [4.69, 9.17) is 18.0 Å². The van der Waals surface area contributed by atoms with Gasteiger partial charge in [0.2, 0.25) is 5.91 Å². The summed E-state index contributed by atoms with van der Waals surface area (Å²) in [6.45, 7) is 0.759. The van der Waals surface area contributed by atoms with Crippen LogP contribution in [0.15, 0.2) is 12.4 Å². The summed E-state index contributed by atoms with van der Waals surface area (Å²) in [6, 6.07) is -0.218. The van der Waals surface area contributed by atoms with Gasteiger partial charge in [-0.25, -0.2) is 9.97 Å². The van der Waals surface area contributed by atoms with E-state index >= 15 is 0 Å². The van der Waals surface area contributed by atoms with Gasteiger partial charge in [-0.2, -0.15) is 0 Å². The molecule has 2 heterocycles. The highest BCUT2D eigenvalue weighted by atomic mass is 32.1. The number of aromatic nitrogens is 2. The third-order valence-corrected chi connectivity index (χ3v) is 2.86. The van der Waals surface area contributed by atoms with Gasteiger partial charge in [0, 0.05) is 13.6 Å². The van der Waals surface area contributed by atoms with Gasteiger partial charge in [-0.1, -0.05) is 12.2 Å². The number of amides is 1. The molecule has 1 unspecified atom stereocenters. The minimum atomic E-state index is -0.218. The molecule has 1 aliphatic rings. The van der Waals surface area contributed by atoms with E-state index in [0.717, 1.165) is 13.0 Å². The van der Waals surface area contributed by atoms with Gasteiger partial charge in [-0.05, 0) is 6.42 Å². The number of likely N-dealkylation sites (tertiary alicyclic amines) is 1. The van der Waals surface area contributed by atoms with Gasteiger partial charge in [0.15, 0.2) is 0 Å². The van der Waals surface area contributed by atoms with E-state index in [0.29, 0.717) is 11.5 Å². The lowest BCUT2D eigenvalue weighted by atomic mass is 10.2. The van der Waals surface area contributed by atoms with Gasteiger partial charge in [0.1, 0.15) is 22.5 Å². The van der Waals surface area contributed by atoms with Crippen LogP contribution in [0.4, 0.5) is 5.82 Å². The Morgan fingerprint density at radius 1 is 1.59 bits per heavy atom. The number of hydrogen-bond donors (Lipinski definition) is 2. The zero-order valence-electron chi connectivity index (χ0n) is 9.38. The van der Waals surface area contributed by atoms with E-state index in [9.17, 15) is 4.79 Å². The zero-order chi connectivity index (χ0) is 12.4. The molecule has 1 aromatic heterocycles. The van der Waals surface area contributed by atoms with Crippen molar-refractivity contribution in [3.05, 3.63) is 18.1 Å². The van der Waals surface area contributed by atoms with Crippen LogP contribution in [-0.4, -0.2) is 45.4 Å². The third kappa shape index (κ3) is 2.50. The van der Waals surface area contributed by atoms with Crippen LogP contribution in [0.5, 0.6) is 0 Å². The summed E-state index contributed by atoms with van der Waals surface area (Å²) < 4.78 is 0. The number of likely N-dealkylation sites (N-methyl/N-ethyl adjacent to an activating group) is 1. The van der Waals surface area contributed by atoms with E-state index in [1.165, 1.54) is 12.4 Å². The highest BCUT2D eigenvalue weighted by molar-refractivity contribution is 7.80. The minimum absolute atomic E-state index is 0.0743. The monoisotopic (exact) mass is 251 g/mol. The van der Waals surface area contributed by atoms with Crippen molar-refractivity contribution in [2.24, 2.45) is 5.73 Å². The smallest absolute Gasteiger partial charge is 0.244 e. The predicted molar refractivity (Wildman–Crippen MR) is 67.6 cm³/mol. The van der Waals surface area contributed by atoms with Crippen LogP contribution in [0.1, 0.15) is 12.1 Å². The Morgan fingerprint density at radius 3 is 2.82 bits per heavy atom. The van der Waals surface area contributed by atoms with Crippen molar-refractivity contribution in [1.82, 2.24) is 14.9 Å². The molecule has 1 aliphatic heterocycles. The molecule has 0 spiro atoms. The Hall–Kier alpha value is -1.76. The summed E-state index contributed by atoms with van der Waals surface area (Å²) >= 11 is 4.78. The average molecular weight is 251 g/mol. The number of hydrogen-bond acceptors (Lipinski definition) is 5. The molecular weight excluding hydrogens is 238 g/mol. The first-order valence-electron chi connectivity index (χ1n) is 5.21. The number of nitrogens with one attached hydrogen (secondary N) is 1. The molecule has 0 radical (unpaired) electrons. The Kier molecular flexibility index (Phi) is 3.19. The van der Waals surface area contributed by atoms with Crippen LogP contribution < -0.4 is 11.1 Å². The Labute approximate surface area is 104 Å². The van der Waals surface area contributed by atoms with Gasteiger partial charge in [-0.3, -0.25) is 4.79 Å². The standard InChI is InChI=1S/C10H13N5OS/c1-15-3-2-6(10(15)16)14-8-5-12-7(4-13-8)9(11)17/h4-6H,2-3H2,1H3,(H2,11,17)(H,13,14). The molecule has 7 heteroatoms. The zero-order valence-corrected chi connectivity index (χ0v) is 10.2. The van der Waals surface area contributed by atoms with E-state index in [-0.39, 0.29) is 16.9 Å². The number of anilines is 1. The van der Waals surface area contributed by atoms with Gasteiger partial charge in [0.25, 0.3) is 0 Å². The number of thiocarbonyl (C=S) groups is 1. The van der Waals surface area contributed by atoms with Crippen molar-refractivity contribution in [3.8, 4) is 0 Å². The van der Waals surface area contributed by atoms with Crippen LogP contribution in [-0.2, 0) is 4.79 Å².